The monoisotopic (exact) mass is 364 g/mol. The van der Waals surface area contributed by atoms with Crippen molar-refractivity contribution in [3.05, 3.63) is 54.0 Å². The van der Waals surface area contributed by atoms with Crippen LogP contribution in [0.3, 0.4) is 0 Å². The number of rotatable bonds is 5. The minimum atomic E-state index is -0.0461. The molecule has 2 aromatic heterocycles. The van der Waals surface area contributed by atoms with Crippen molar-refractivity contribution in [2.75, 3.05) is 25.4 Å². The number of carbonyl (C=O) groups excluding carboxylic acids is 1. The van der Waals surface area contributed by atoms with Crippen molar-refractivity contribution >= 4 is 22.8 Å². The van der Waals surface area contributed by atoms with Gasteiger partial charge in [-0.2, -0.15) is 0 Å². The fourth-order valence-electron chi connectivity index (χ4n) is 3.69. The van der Waals surface area contributed by atoms with Crippen LogP contribution in [0.25, 0.3) is 10.9 Å². The van der Waals surface area contributed by atoms with Gasteiger partial charge in [0.05, 0.1) is 0 Å². The number of H-pyrrole nitrogens is 1. The van der Waals surface area contributed by atoms with Crippen molar-refractivity contribution in [2.45, 2.75) is 19.4 Å². The summed E-state index contributed by atoms with van der Waals surface area (Å²) in [5.74, 6) is 0.701. The Hall–Kier alpha value is -2.93. The van der Waals surface area contributed by atoms with Crippen molar-refractivity contribution in [1.29, 1.82) is 0 Å². The highest BCUT2D eigenvalue weighted by atomic mass is 16.1. The Morgan fingerprint density at radius 3 is 2.93 bits per heavy atom. The molecule has 3 heterocycles. The minimum Gasteiger partial charge on any atom is -0.368 e. The molecule has 1 aromatic carbocycles. The largest absolute Gasteiger partial charge is 0.368 e. The first-order valence-corrected chi connectivity index (χ1v) is 9.32. The number of hydrogen-bond donors (Lipinski definition) is 3. The first-order valence-electron chi connectivity index (χ1n) is 9.32. The highest BCUT2D eigenvalue weighted by molar-refractivity contribution is 5.97. The first kappa shape index (κ1) is 17.5. The highest BCUT2D eigenvalue weighted by Gasteiger charge is 2.21. The van der Waals surface area contributed by atoms with E-state index in [2.05, 4.69) is 25.2 Å². The summed E-state index contributed by atoms with van der Waals surface area (Å²) >= 11 is 0. The molecule has 7 nitrogen and oxygen atoms in total. The average Bonchev–Trinajstić information content (AvgIpc) is 3.13. The van der Waals surface area contributed by atoms with Crippen LogP contribution in [0.4, 0.5) is 5.95 Å². The number of likely N-dealkylation sites (tertiary alicyclic amines) is 1. The topological polar surface area (TPSA) is 99.9 Å². The number of nitrogens with zero attached hydrogens (tertiary/aromatic N) is 3. The number of anilines is 1. The van der Waals surface area contributed by atoms with Gasteiger partial charge in [0, 0.05) is 48.5 Å². The maximum atomic E-state index is 12.5. The summed E-state index contributed by atoms with van der Waals surface area (Å²) in [6.07, 6.45) is 5.82. The minimum absolute atomic E-state index is 0.0461. The number of nitrogens with two attached hydrogens (primary N) is 1. The first-order chi connectivity index (χ1) is 13.2. The normalized spacial score (nSPS) is 17.9. The summed E-state index contributed by atoms with van der Waals surface area (Å²) in [5, 5.41) is 4.14. The fourth-order valence-corrected chi connectivity index (χ4v) is 3.69. The van der Waals surface area contributed by atoms with E-state index in [1.807, 2.05) is 30.3 Å². The number of piperidine rings is 1. The van der Waals surface area contributed by atoms with Crippen molar-refractivity contribution in [3.8, 4) is 0 Å². The maximum Gasteiger partial charge on any atom is 0.267 e. The Bertz CT molecular complexity index is 887. The molecule has 4 rings (SSSR count). The molecular formula is C20H24N6O. The zero-order valence-electron chi connectivity index (χ0n) is 15.2. The molecule has 7 heteroatoms. The van der Waals surface area contributed by atoms with Gasteiger partial charge in [-0.25, -0.2) is 9.97 Å². The van der Waals surface area contributed by atoms with E-state index >= 15 is 0 Å². The number of benzene rings is 1. The Morgan fingerprint density at radius 1 is 1.30 bits per heavy atom. The van der Waals surface area contributed by atoms with Crippen LogP contribution in [0.5, 0.6) is 0 Å². The number of aromatic amines is 1. The molecule has 1 amide bonds. The molecule has 4 N–H and O–H groups in total. The van der Waals surface area contributed by atoms with E-state index in [1.54, 1.807) is 12.4 Å². The predicted molar refractivity (Wildman–Crippen MR) is 105 cm³/mol. The molecule has 1 unspecified atom stereocenters. The molecule has 3 aromatic rings. The van der Waals surface area contributed by atoms with Crippen LogP contribution in [0.1, 0.15) is 28.9 Å². The predicted octanol–water partition coefficient (Wildman–Crippen LogP) is 2.18. The molecule has 0 radical (unpaired) electrons. The maximum absolute atomic E-state index is 12.5. The SMILES string of the molecule is Nc1ncc(CN2CCCC(CNC(=O)c3cc4ccccc4[nH]3)C2)cn1. The fraction of sp³-hybridized carbons (Fsp3) is 0.350. The molecule has 0 bridgehead atoms. The Morgan fingerprint density at radius 2 is 2.11 bits per heavy atom. The smallest absolute Gasteiger partial charge is 0.267 e. The van der Waals surface area contributed by atoms with E-state index in [0.29, 0.717) is 24.1 Å². The van der Waals surface area contributed by atoms with Crippen LogP contribution in [-0.4, -0.2) is 45.4 Å². The molecular weight excluding hydrogens is 340 g/mol. The lowest BCUT2D eigenvalue weighted by atomic mass is 9.97. The van der Waals surface area contributed by atoms with Crippen LogP contribution < -0.4 is 11.1 Å². The van der Waals surface area contributed by atoms with Gasteiger partial charge in [0.2, 0.25) is 5.95 Å². The molecule has 0 aliphatic carbocycles. The number of fused-ring (bicyclic) bond motifs is 1. The number of nitrogens with one attached hydrogen (secondary N) is 2. The molecule has 1 atom stereocenters. The average molecular weight is 364 g/mol. The molecule has 0 saturated carbocycles. The molecule has 1 fully saturated rings. The standard InChI is InChI=1S/C20H24N6O/c21-20-23-10-15(11-24-20)13-26-7-3-4-14(12-26)9-22-19(27)18-8-16-5-1-2-6-17(16)25-18/h1-2,5-6,8,10-11,14,25H,3-4,7,9,12-13H2,(H,22,27)(H2,21,23,24). The lowest BCUT2D eigenvalue weighted by molar-refractivity contribution is 0.0926. The number of aromatic nitrogens is 3. The summed E-state index contributed by atoms with van der Waals surface area (Å²) < 4.78 is 0. The summed E-state index contributed by atoms with van der Waals surface area (Å²) in [6.45, 7) is 3.50. The summed E-state index contributed by atoms with van der Waals surface area (Å²) in [7, 11) is 0. The van der Waals surface area contributed by atoms with Gasteiger partial charge in [0.25, 0.3) is 5.91 Å². The molecule has 0 spiro atoms. The Balaban J connectivity index is 1.31. The number of nitrogen functional groups attached to an aromatic ring is 1. The zero-order valence-corrected chi connectivity index (χ0v) is 15.2. The zero-order chi connectivity index (χ0) is 18.6. The Kier molecular flexibility index (Phi) is 5.02. The van der Waals surface area contributed by atoms with Gasteiger partial charge in [0.15, 0.2) is 0 Å². The van der Waals surface area contributed by atoms with Gasteiger partial charge in [-0.05, 0) is 37.4 Å². The molecule has 1 saturated heterocycles. The second-order valence-electron chi connectivity index (χ2n) is 7.17. The van der Waals surface area contributed by atoms with Gasteiger partial charge in [-0.15, -0.1) is 0 Å². The van der Waals surface area contributed by atoms with Gasteiger partial charge in [-0.3, -0.25) is 9.69 Å². The molecule has 27 heavy (non-hydrogen) atoms. The molecule has 140 valence electrons. The van der Waals surface area contributed by atoms with E-state index in [0.717, 1.165) is 48.9 Å². The van der Waals surface area contributed by atoms with Gasteiger partial charge < -0.3 is 16.0 Å². The van der Waals surface area contributed by atoms with Crippen LogP contribution in [0, 0.1) is 5.92 Å². The third kappa shape index (κ3) is 4.25. The Labute approximate surface area is 158 Å². The van der Waals surface area contributed by atoms with Crippen molar-refractivity contribution in [3.63, 3.8) is 0 Å². The quantitative estimate of drug-likeness (QED) is 0.644. The van der Waals surface area contributed by atoms with Gasteiger partial charge in [-0.1, -0.05) is 18.2 Å². The van der Waals surface area contributed by atoms with Gasteiger partial charge in [0.1, 0.15) is 5.69 Å². The number of carbonyl (C=O) groups is 1. The summed E-state index contributed by atoms with van der Waals surface area (Å²) in [4.78, 5) is 26.2. The second-order valence-corrected chi connectivity index (χ2v) is 7.17. The lowest BCUT2D eigenvalue weighted by Crippen LogP contribution is -2.40. The number of amides is 1. The van der Waals surface area contributed by atoms with E-state index in [4.69, 9.17) is 5.73 Å². The highest BCUT2D eigenvalue weighted by Crippen LogP contribution is 2.18. The van der Waals surface area contributed by atoms with Crippen molar-refractivity contribution < 1.29 is 4.79 Å². The van der Waals surface area contributed by atoms with E-state index in [9.17, 15) is 4.79 Å². The lowest BCUT2D eigenvalue weighted by Gasteiger charge is -2.32. The molecule has 1 aliphatic heterocycles. The van der Waals surface area contributed by atoms with Gasteiger partial charge >= 0.3 is 0 Å². The molecule has 1 aliphatic rings. The van der Waals surface area contributed by atoms with E-state index in [1.165, 1.54) is 0 Å². The number of para-hydroxylation sites is 1. The third-order valence-corrected chi connectivity index (χ3v) is 5.06. The summed E-state index contributed by atoms with van der Waals surface area (Å²) in [6, 6.07) is 9.82. The second kappa shape index (κ2) is 7.75. The van der Waals surface area contributed by atoms with Crippen LogP contribution in [0.2, 0.25) is 0 Å². The van der Waals surface area contributed by atoms with E-state index in [-0.39, 0.29) is 5.91 Å². The van der Waals surface area contributed by atoms with Crippen molar-refractivity contribution in [2.24, 2.45) is 5.92 Å². The van der Waals surface area contributed by atoms with E-state index < -0.39 is 0 Å². The van der Waals surface area contributed by atoms with Crippen LogP contribution >= 0.6 is 0 Å². The summed E-state index contributed by atoms with van der Waals surface area (Å²) in [5.41, 5.74) is 8.20. The number of hydrogen-bond acceptors (Lipinski definition) is 5. The van der Waals surface area contributed by atoms with Crippen molar-refractivity contribution in [1.82, 2.24) is 25.2 Å². The van der Waals surface area contributed by atoms with Crippen LogP contribution in [0.15, 0.2) is 42.7 Å². The third-order valence-electron chi connectivity index (χ3n) is 5.06. The van der Waals surface area contributed by atoms with Crippen LogP contribution in [-0.2, 0) is 6.54 Å².